The first-order valence-electron chi connectivity index (χ1n) is 5.24. The van der Waals surface area contributed by atoms with Crippen LogP contribution in [0.25, 0.3) is 0 Å². The zero-order valence-electron chi connectivity index (χ0n) is 8.73. The van der Waals surface area contributed by atoms with Gasteiger partial charge in [-0.15, -0.1) is 0 Å². The Morgan fingerprint density at radius 2 is 2.38 bits per heavy atom. The third-order valence-electron chi connectivity index (χ3n) is 2.74. The molecule has 1 aliphatic carbocycles. The molecule has 86 valence electrons. The highest BCUT2D eigenvalue weighted by atomic mass is 19.1. The molecular weight excluding hydrogens is 211 g/mol. The molecule has 0 aromatic heterocycles. The first-order valence-corrected chi connectivity index (χ1v) is 5.24. The molecule has 0 amide bonds. The van der Waals surface area contributed by atoms with Crippen molar-refractivity contribution in [1.82, 2.24) is 0 Å². The topological polar surface area (TPSA) is 46.5 Å². The molecular formula is C12H13FO3. The largest absolute Gasteiger partial charge is 0.491 e. The van der Waals surface area contributed by atoms with Crippen LogP contribution in [0, 0.1) is 5.92 Å². The lowest BCUT2D eigenvalue weighted by Crippen LogP contribution is -2.00. The molecule has 0 aliphatic heterocycles. The molecule has 0 radical (unpaired) electrons. The number of aliphatic carboxylic acids is 1. The Hall–Kier alpha value is -1.58. The number of benzene rings is 1. The van der Waals surface area contributed by atoms with Gasteiger partial charge < -0.3 is 9.84 Å². The summed E-state index contributed by atoms with van der Waals surface area (Å²) in [6.45, 7) is -0.484. The molecule has 2 atom stereocenters. The Labute approximate surface area is 92.9 Å². The maximum atomic E-state index is 11.9. The molecule has 1 aromatic rings. The number of halogens is 1. The van der Waals surface area contributed by atoms with Crippen LogP contribution in [0.1, 0.15) is 17.9 Å². The smallest absolute Gasteiger partial charge is 0.307 e. The van der Waals surface area contributed by atoms with Crippen LogP contribution in [0.15, 0.2) is 24.3 Å². The second kappa shape index (κ2) is 4.51. The number of ether oxygens (including phenoxy) is 1. The van der Waals surface area contributed by atoms with Crippen molar-refractivity contribution in [2.75, 3.05) is 13.3 Å². The standard InChI is InChI=1S/C12H13FO3/c13-4-5-16-9-3-1-2-8(6-9)10-7-11(10)12(14)15/h1-3,6,10-11H,4-5,7H2,(H,14,15). The minimum Gasteiger partial charge on any atom is -0.491 e. The van der Waals surface area contributed by atoms with Crippen LogP contribution < -0.4 is 4.74 Å². The van der Waals surface area contributed by atoms with Crippen molar-refractivity contribution in [2.24, 2.45) is 5.92 Å². The predicted octanol–water partition coefficient (Wildman–Crippen LogP) is 2.22. The fraction of sp³-hybridized carbons (Fsp3) is 0.417. The number of alkyl halides is 1. The molecule has 4 heteroatoms. The summed E-state index contributed by atoms with van der Waals surface area (Å²) < 4.78 is 17.1. The molecule has 1 N–H and O–H groups in total. The lowest BCUT2D eigenvalue weighted by atomic mass is 10.1. The summed E-state index contributed by atoms with van der Waals surface area (Å²) in [6.07, 6.45) is 0.682. The zero-order chi connectivity index (χ0) is 11.5. The average Bonchev–Trinajstić information content (AvgIpc) is 3.07. The van der Waals surface area contributed by atoms with E-state index in [4.69, 9.17) is 9.84 Å². The highest BCUT2D eigenvalue weighted by Crippen LogP contribution is 2.48. The summed E-state index contributed by atoms with van der Waals surface area (Å²) in [5.41, 5.74) is 0.962. The summed E-state index contributed by atoms with van der Waals surface area (Å²) in [5, 5.41) is 8.81. The van der Waals surface area contributed by atoms with Gasteiger partial charge in [0.2, 0.25) is 0 Å². The normalized spacial score (nSPS) is 22.8. The lowest BCUT2D eigenvalue weighted by Gasteiger charge is -2.05. The molecule has 1 aromatic carbocycles. The number of hydrogen-bond donors (Lipinski definition) is 1. The van der Waals surface area contributed by atoms with Gasteiger partial charge in [-0.1, -0.05) is 12.1 Å². The van der Waals surface area contributed by atoms with Gasteiger partial charge >= 0.3 is 5.97 Å². The summed E-state index contributed by atoms with van der Waals surface area (Å²) >= 11 is 0. The summed E-state index contributed by atoms with van der Waals surface area (Å²) in [4.78, 5) is 10.7. The molecule has 1 saturated carbocycles. The van der Waals surface area contributed by atoms with Crippen LogP contribution in [0.4, 0.5) is 4.39 Å². The van der Waals surface area contributed by atoms with Gasteiger partial charge in [-0.25, -0.2) is 4.39 Å². The second-order valence-corrected chi connectivity index (χ2v) is 3.90. The fourth-order valence-electron chi connectivity index (χ4n) is 1.83. The Morgan fingerprint density at radius 3 is 3.00 bits per heavy atom. The first-order chi connectivity index (χ1) is 7.72. The molecule has 3 nitrogen and oxygen atoms in total. The Morgan fingerprint density at radius 1 is 1.56 bits per heavy atom. The van der Waals surface area contributed by atoms with Crippen molar-refractivity contribution in [2.45, 2.75) is 12.3 Å². The fourth-order valence-corrected chi connectivity index (χ4v) is 1.83. The number of hydrogen-bond acceptors (Lipinski definition) is 2. The first kappa shape index (κ1) is 10.9. The Balaban J connectivity index is 2.03. The maximum Gasteiger partial charge on any atom is 0.307 e. The molecule has 0 spiro atoms. The van der Waals surface area contributed by atoms with E-state index in [2.05, 4.69) is 0 Å². The minimum absolute atomic E-state index is 0.0382. The van der Waals surface area contributed by atoms with Crippen molar-refractivity contribution in [3.8, 4) is 5.75 Å². The van der Waals surface area contributed by atoms with E-state index in [-0.39, 0.29) is 18.4 Å². The molecule has 0 bridgehead atoms. The summed E-state index contributed by atoms with van der Waals surface area (Å²) in [6, 6.07) is 7.23. The van der Waals surface area contributed by atoms with Crippen LogP contribution in [0.2, 0.25) is 0 Å². The van der Waals surface area contributed by atoms with Gasteiger partial charge in [-0.3, -0.25) is 4.79 Å². The quantitative estimate of drug-likeness (QED) is 0.834. The van der Waals surface area contributed by atoms with Gasteiger partial charge in [0, 0.05) is 0 Å². The molecule has 16 heavy (non-hydrogen) atoms. The van der Waals surface area contributed by atoms with E-state index in [9.17, 15) is 9.18 Å². The van der Waals surface area contributed by atoms with Crippen LogP contribution in [0.3, 0.4) is 0 Å². The van der Waals surface area contributed by atoms with Gasteiger partial charge in [0.15, 0.2) is 0 Å². The van der Waals surface area contributed by atoms with Crippen LogP contribution in [-0.4, -0.2) is 24.4 Å². The van der Waals surface area contributed by atoms with Crippen molar-refractivity contribution in [3.63, 3.8) is 0 Å². The summed E-state index contributed by atoms with van der Waals surface area (Å²) in [7, 11) is 0. The molecule has 1 fully saturated rings. The van der Waals surface area contributed by atoms with Crippen molar-refractivity contribution >= 4 is 5.97 Å². The van der Waals surface area contributed by atoms with E-state index in [0.29, 0.717) is 12.2 Å². The highest BCUT2D eigenvalue weighted by molar-refractivity contribution is 5.75. The number of rotatable bonds is 5. The van der Waals surface area contributed by atoms with Crippen LogP contribution in [-0.2, 0) is 4.79 Å². The van der Waals surface area contributed by atoms with E-state index in [1.54, 1.807) is 18.2 Å². The van der Waals surface area contributed by atoms with Gasteiger partial charge in [-0.05, 0) is 30.0 Å². The van der Waals surface area contributed by atoms with Crippen LogP contribution >= 0.6 is 0 Å². The van der Waals surface area contributed by atoms with E-state index in [0.717, 1.165) is 5.56 Å². The predicted molar refractivity (Wildman–Crippen MR) is 56.4 cm³/mol. The average molecular weight is 224 g/mol. The SMILES string of the molecule is O=C(O)C1CC1c1cccc(OCCF)c1. The minimum atomic E-state index is -0.750. The van der Waals surface area contributed by atoms with Gasteiger partial charge in [0.05, 0.1) is 5.92 Å². The van der Waals surface area contributed by atoms with E-state index in [1.807, 2.05) is 6.07 Å². The Bertz CT molecular complexity index is 392. The second-order valence-electron chi connectivity index (χ2n) is 3.90. The van der Waals surface area contributed by atoms with E-state index >= 15 is 0 Å². The van der Waals surface area contributed by atoms with Crippen molar-refractivity contribution < 1.29 is 19.0 Å². The molecule has 2 unspecified atom stereocenters. The van der Waals surface area contributed by atoms with E-state index in [1.165, 1.54) is 0 Å². The van der Waals surface area contributed by atoms with Crippen LogP contribution in [0.5, 0.6) is 5.75 Å². The third-order valence-corrected chi connectivity index (χ3v) is 2.74. The number of carboxylic acid groups (broad SMARTS) is 1. The van der Waals surface area contributed by atoms with Gasteiger partial charge in [-0.2, -0.15) is 0 Å². The van der Waals surface area contributed by atoms with Crippen molar-refractivity contribution in [1.29, 1.82) is 0 Å². The molecule has 0 saturated heterocycles. The van der Waals surface area contributed by atoms with E-state index < -0.39 is 12.6 Å². The molecule has 0 heterocycles. The van der Waals surface area contributed by atoms with Crippen molar-refractivity contribution in [3.05, 3.63) is 29.8 Å². The van der Waals surface area contributed by atoms with Gasteiger partial charge in [0.1, 0.15) is 19.0 Å². The summed E-state index contributed by atoms with van der Waals surface area (Å²) in [5.74, 6) is -0.325. The highest BCUT2D eigenvalue weighted by Gasteiger charge is 2.44. The van der Waals surface area contributed by atoms with Gasteiger partial charge in [0.25, 0.3) is 0 Å². The maximum absolute atomic E-state index is 11.9. The monoisotopic (exact) mass is 224 g/mol. The third kappa shape index (κ3) is 2.32. The zero-order valence-corrected chi connectivity index (χ0v) is 8.73. The molecule has 2 rings (SSSR count). The number of carbonyl (C=O) groups is 1. The Kier molecular flexibility index (Phi) is 3.08. The number of carboxylic acids is 1. The molecule has 1 aliphatic rings. The lowest BCUT2D eigenvalue weighted by molar-refractivity contribution is -0.138.